The Hall–Kier alpha value is -3.09. The molecule has 164 valence electrons. The fourth-order valence-electron chi connectivity index (χ4n) is 3.57. The molecule has 0 bridgehead atoms. The lowest BCUT2D eigenvalue weighted by Gasteiger charge is -2.20. The van der Waals surface area contributed by atoms with Gasteiger partial charge in [-0.15, -0.1) is 0 Å². The number of fused-ring (bicyclic) bond motifs is 1. The number of halogens is 1. The maximum atomic E-state index is 13.5. The van der Waals surface area contributed by atoms with Crippen molar-refractivity contribution in [2.75, 3.05) is 19.1 Å². The van der Waals surface area contributed by atoms with Crippen molar-refractivity contribution < 1.29 is 14.3 Å². The summed E-state index contributed by atoms with van der Waals surface area (Å²) in [4.78, 5) is 20.0. The lowest BCUT2D eigenvalue weighted by molar-refractivity contribution is -0.118. The number of hydrogen-bond donors (Lipinski definition) is 0. The van der Waals surface area contributed by atoms with Gasteiger partial charge in [0.1, 0.15) is 17.0 Å². The number of benzene rings is 3. The van der Waals surface area contributed by atoms with E-state index in [4.69, 9.17) is 26.1 Å². The minimum atomic E-state index is -0.0486. The van der Waals surface area contributed by atoms with Gasteiger partial charge in [-0.25, -0.2) is 4.98 Å². The second-order valence-electron chi connectivity index (χ2n) is 7.37. The number of thiazole rings is 1. The van der Waals surface area contributed by atoms with Crippen LogP contribution in [0.2, 0.25) is 5.02 Å². The first-order valence-corrected chi connectivity index (χ1v) is 11.3. The van der Waals surface area contributed by atoms with Crippen molar-refractivity contribution in [3.8, 4) is 11.5 Å². The molecule has 0 atom stereocenters. The molecule has 4 rings (SSSR count). The molecule has 0 radical (unpaired) electrons. The van der Waals surface area contributed by atoms with Gasteiger partial charge in [-0.05, 0) is 41.8 Å². The highest BCUT2D eigenvalue weighted by Crippen LogP contribution is 2.39. The summed E-state index contributed by atoms with van der Waals surface area (Å²) in [6, 6.07) is 19.2. The molecular weight excluding hydrogens is 444 g/mol. The molecule has 3 aromatic carbocycles. The zero-order valence-corrected chi connectivity index (χ0v) is 19.7. The molecule has 0 aliphatic carbocycles. The largest absolute Gasteiger partial charge is 0.496 e. The predicted molar refractivity (Wildman–Crippen MR) is 130 cm³/mol. The number of hydrogen-bond acceptors (Lipinski definition) is 5. The highest BCUT2D eigenvalue weighted by molar-refractivity contribution is 7.23. The first-order chi connectivity index (χ1) is 15.5. The first kappa shape index (κ1) is 22.1. The number of carbonyl (C=O) groups excluding carboxylic acids is 1. The first-order valence-electron chi connectivity index (χ1n) is 10.1. The number of anilines is 1. The summed E-state index contributed by atoms with van der Waals surface area (Å²) in [6.45, 7) is 2.38. The van der Waals surface area contributed by atoms with Gasteiger partial charge in [0.05, 0.1) is 36.9 Å². The van der Waals surface area contributed by atoms with Crippen molar-refractivity contribution in [2.24, 2.45) is 0 Å². The van der Waals surface area contributed by atoms with Gasteiger partial charge >= 0.3 is 0 Å². The Morgan fingerprint density at radius 1 is 1.00 bits per heavy atom. The van der Waals surface area contributed by atoms with Crippen LogP contribution in [0.3, 0.4) is 0 Å². The van der Waals surface area contributed by atoms with Gasteiger partial charge in [-0.3, -0.25) is 9.69 Å². The Morgan fingerprint density at radius 3 is 2.41 bits per heavy atom. The molecule has 1 aromatic heterocycles. The van der Waals surface area contributed by atoms with Gasteiger partial charge in [-0.2, -0.15) is 0 Å². The van der Waals surface area contributed by atoms with Gasteiger partial charge in [-0.1, -0.05) is 65.4 Å². The number of nitrogens with zero attached hydrogens (tertiary/aromatic N) is 2. The molecule has 7 heteroatoms. The second kappa shape index (κ2) is 9.59. The van der Waals surface area contributed by atoms with Crippen molar-refractivity contribution in [1.29, 1.82) is 0 Å². The number of carbonyl (C=O) groups is 1. The lowest BCUT2D eigenvalue weighted by Crippen LogP contribution is -2.31. The number of aryl methyl sites for hydroxylation is 1. The normalized spacial score (nSPS) is 10.9. The molecule has 32 heavy (non-hydrogen) atoms. The number of rotatable bonds is 7. The Bertz CT molecular complexity index is 1260. The van der Waals surface area contributed by atoms with Crippen LogP contribution >= 0.6 is 22.9 Å². The molecule has 0 aliphatic heterocycles. The molecule has 1 amide bonds. The number of methoxy groups -OCH3 is 2. The van der Waals surface area contributed by atoms with Gasteiger partial charge < -0.3 is 9.47 Å². The SMILES string of the molecule is COc1ccc(CC(=O)N(Cc2ccccc2)c2nc3c(OC)ccc(Cl)c3s2)cc1C. The Morgan fingerprint density at radius 2 is 1.72 bits per heavy atom. The summed E-state index contributed by atoms with van der Waals surface area (Å²) in [5.74, 6) is 1.38. The van der Waals surface area contributed by atoms with Crippen LogP contribution in [0.1, 0.15) is 16.7 Å². The summed E-state index contributed by atoms with van der Waals surface area (Å²) in [5.41, 5.74) is 3.59. The second-order valence-corrected chi connectivity index (χ2v) is 8.75. The van der Waals surface area contributed by atoms with E-state index in [0.29, 0.717) is 28.0 Å². The quantitative estimate of drug-likeness (QED) is 0.332. The van der Waals surface area contributed by atoms with E-state index in [1.165, 1.54) is 11.3 Å². The molecule has 0 aliphatic rings. The van der Waals surface area contributed by atoms with Crippen LogP contribution < -0.4 is 14.4 Å². The maximum absolute atomic E-state index is 13.5. The lowest BCUT2D eigenvalue weighted by atomic mass is 10.1. The fraction of sp³-hybridized carbons (Fsp3) is 0.200. The van der Waals surface area contributed by atoms with Crippen LogP contribution in [0.15, 0.2) is 60.7 Å². The standard InChI is InChI=1S/C25H23ClN2O3S/c1-16-13-18(9-11-20(16)30-2)14-22(29)28(15-17-7-5-4-6-8-17)25-27-23-21(31-3)12-10-19(26)24(23)32-25/h4-13H,14-15H2,1-3H3. The van der Waals surface area contributed by atoms with E-state index < -0.39 is 0 Å². The Balaban J connectivity index is 1.72. The maximum Gasteiger partial charge on any atom is 0.233 e. The third kappa shape index (κ3) is 4.56. The molecule has 1 heterocycles. The number of aromatic nitrogens is 1. The van der Waals surface area contributed by atoms with E-state index >= 15 is 0 Å². The topological polar surface area (TPSA) is 51.7 Å². The monoisotopic (exact) mass is 466 g/mol. The summed E-state index contributed by atoms with van der Waals surface area (Å²) in [7, 11) is 3.24. The van der Waals surface area contributed by atoms with Crippen LogP contribution in [0.4, 0.5) is 5.13 Å². The Labute approximate surface area is 196 Å². The summed E-state index contributed by atoms with van der Waals surface area (Å²) < 4.78 is 11.6. The summed E-state index contributed by atoms with van der Waals surface area (Å²) >= 11 is 7.81. The van der Waals surface area contributed by atoms with Gasteiger partial charge in [0.25, 0.3) is 0 Å². The molecule has 4 aromatic rings. The molecule has 0 N–H and O–H groups in total. The van der Waals surface area contributed by atoms with Gasteiger partial charge in [0, 0.05) is 0 Å². The molecule has 0 spiro atoms. The van der Waals surface area contributed by atoms with Gasteiger partial charge in [0.2, 0.25) is 5.91 Å². The third-order valence-electron chi connectivity index (χ3n) is 5.20. The van der Waals surface area contributed by atoms with E-state index in [2.05, 4.69) is 0 Å². The van der Waals surface area contributed by atoms with Crippen molar-refractivity contribution >= 4 is 44.2 Å². The minimum Gasteiger partial charge on any atom is -0.496 e. The average Bonchev–Trinajstić information content (AvgIpc) is 3.24. The molecular formula is C25H23ClN2O3S. The van der Waals surface area contributed by atoms with Crippen LogP contribution in [-0.4, -0.2) is 25.1 Å². The van der Waals surface area contributed by atoms with Gasteiger partial charge in [0.15, 0.2) is 5.13 Å². The van der Waals surface area contributed by atoms with Crippen LogP contribution in [0.25, 0.3) is 10.2 Å². The number of ether oxygens (including phenoxy) is 2. The Kier molecular flexibility index (Phi) is 6.63. The molecule has 5 nitrogen and oxygen atoms in total. The van der Waals surface area contributed by atoms with E-state index in [9.17, 15) is 4.79 Å². The predicted octanol–water partition coefficient (Wildman–Crippen LogP) is 6.05. The van der Waals surface area contributed by atoms with Crippen LogP contribution in [-0.2, 0) is 17.8 Å². The highest BCUT2D eigenvalue weighted by Gasteiger charge is 2.23. The smallest absolute Gasteiger partial charge is 0.233 e. The molecule has 0 saturated carbocycles. The van der Waals surface area contributed by atoms with E-state index in [1.807, 2.05) is 55.5 Å². The summed E-state index contributed by atoms with van der Waals surface area (Å²) in [5, 5.41) is 1.17. The van der Waals surface area contributed by atoms with Crippen molar-refractivity contribution in [3.05, 3.63) is 82.4 Å². The van der Waals surface area contributed by atoms with E-state index in [-0.39, 0.29) is 12.3 Å². The fourth-order valence-corrected chi connectivity index (χ4v) is 4.84. The zero-order valence-electron chi connectivity index (χ0n) is 18.1. The molecule has 0 unspecified atom stereocenters. The van der Waals surface area contributed by atoms with E-state index in [1.54, 1.807) is 31.3 Å². The number of amides is 1. The highest BCUT2D eigenvalue weighted by atomic mass is 35.5. The summed E-state index contributed by atoms with van der Waals surface area (Å²) in [6.07, 6.45) is 0.248. The minimum absolute atomic E-state index is 0.0486. The molecule has 0 saturated heterocycles. The van der Waals surface area contributed by atoms with Crippen molar-refractivity contribution in [2.45, 2.75) is 19.9 Å². The van der Waals surface area contributed by atoms with E-state index in [0.717, 1.165) is 27.1 Å². The van der Waals surface area contributed by atoms with Crippen molar-refractivity contribution in [1.82, 2.24) is 4.98 Å². The third-order valence-corrected chi connectivity index (χ3v) is 6.74. The van der Waals surface area contributed by atoms with Crippen LogP contribution in [0, 0.1) is 6.92 Å². The van der Waals surface area contributed by atoms with Crippen molar-refractivity contribution in [3.63, 3.8) is 0 Å². The zero-order chi connectivity index (χ0) is 22.7. The van der Waals surface area contributed by atoms with Crippen LogP contribution in [0.5, 0.6) is 11.5 Å². The average molecular weight is 467 g/mol. The molecule has 0 fully saturated rings.